The molecule has 3 nitrogen and oxygen atoms in total. The molecule has 1 atom stereocenters. The van der Waals surface area contributed by atoms with Crippen molar-refractivity contribution in [3.8, 4) is 28.2 Å². The molecule has 6 aromatic rings. The number of ether oxygens (including phenoxy) is 1. The van der Waals surface area contributed by atoms with Crippen LogP contribution in [0.25, 0.3) is 37.6 Å². The molecule has 0 aliphatic rings. The topological polar surface area (TPSA) is 35.0 Å². The van der Waals surface area contributed by atoms with Crippen molar-refractivity contribution in [3.05, 3.63) is 115 Å². The van der Waals surface area contributed by atoms with Crippen LogP contribution in [0, 0.1) is 19.1 Å². The summed E-state index contributed by atoms with van der Waals surface area (Å²) in [6, 6.07) is 30.4. The molecule has 0 N–H and O–H groups in total. The number of aromatic nitrogens is 2. The van der Waals surface area contributed by atoms with Gasteiger partial charge in [0.15, 0.2) is 0 Å². The summed E-state index contributed by atoms with van der Waals surface area (Å²) in [4.78, 5) is 8.48. The predicted octanol–water partition coefficient (Wildman–Crippen LogP) is 9.14. The molecule has 0 fully saturated rings. The smallest absolute Gasteiger partial charge is 0.459 e. The monoisotopic (exact) mass is 705 g/mol. The van der Waals surface area contributed by atoms with Crippen molar-refractivity contribution in [3.63, 3.8) is 0 Å². The maximum atomic E-state index is 13.4. The first-order valence-electron chi connectivity index (χ1n) is 11.5. The van der Waals surface area contributed by atoms with E-state index in [-0.39, 0.29) is 26.8 Å². The molecular formula is C30H18F3N2OPPt. The van der Waals surface area contributed by atoms with Gasteiger partial charge in [0.1, 0.15) is 5.56 Å². The van der Waals surface area contributed by atoms with Gasteiger partial charge in [-0.3, -0.25) is 4.98 Å². The Labute approximate surface area is 232 Å². The number of halogens is 3. The fourth-order valence-corrected chi connectivity index (χ4v) is 6.96. The van der Waals surface area contributed by atoms with Gasteiger partial charge in [0.05, 0.1) is 5.44 Å². The minimum atomic E-state index is -4.58. The second-order valence-electron chi connectivity index (χ2n) is 8.56. The van der Waals surface area contributed by atoms with Crippen LogP contribution in [0.15, 0.2) is 91.3 Å². The first-order valence-corrected chi connectivity index (χ1v) is 12.8. The predicted molar refractivity (Wildman–Crippen MR) is 140 cm³/mol. The van der Waals surface area contributed by atoms with Crippen LogP contribution in [-0.2, 0) is 27.2 Å². The standard InChI is InChI=1S/C30H18F3N2OP.Pt/c1-19-13-15-34-28(16-19)37-26-10-3-2-8-23(26)24-12-11-21(18-27(24)37)20-6-4-7-22(17-20)36-29-25(30(31,32)33)9-5-14-35-29;/h2-16H,1H3;/q-2;+2. The van der Waals surface area contributed by atoms with Gasteiger partial charge in [-0.1, -0.05) is 42.3 Å². The van der Waals surface area contributed by atoms with Gasteiger partial charge in [-0.2, -0.15) is 37.4 Å². The molecule has 0 aliphatic heterocycles. The number of hydrogen-bond donors (Lipinski definition) is 0. The van der Waals surface area contributed by atoms with E-state index >= 15 is 0 Å². The summed E-state index contributed by atoms with van der Waals surface area (Å²) in [5.41, 5.74) is 2.64. The van der Waals surface area contributed by atoms with Gasteiger partial charge in [0.2, 0.25) is 5.88 Å². The summed E-state index contributed by atoms with van der Waals surface area (Å²) in [6.07, 6.45) is -1.48. The summed E-state index contributed by atoms with van der Waals surface area (Å²) in [6.45, 7) is 2.05. The van der Waals surface area contributed by atoms with Gasteiger partial charge in [0.25, 0.3) is 0 Å². The number of rotatable bonds is 4. The van der Waals surface area contributed by atoms with Crippen molar-refractivity contribution < 1.29 is 39.0 Å². The largest absolute Gasteiger partial charge is 2.00 e. The fourth-order valence-electron chi connectivity index (χ4n) is 4.39. The van der Waals surface area contributed by atoms with Crippen molar-refractivity contribution in [1.29, 1.82) is 0 Å². The Morgan fingerprint density at radius 1 is 0.789 bits per heavy atom. The quantitative estimate of drug-likeness (QED) is 0.172. The van der Waals surface area contributed by atoms with E-state index in [9.17, 15) is 13.2 Å². The molecule has 0 aliphatic carbocycles. The first kappa shape index (κ1) is 26.2. The van der Waals surface area contributed by atoms with Crippen molar-refractivity contribution in [2.45, 2.75) is 13.1 Å². The molecule has 0 saturated heterocycles. The van der Waals surface area contributed by atoms with E-state index in [1.807, 2.05) is 36.5 Å². The minimum absolute atomic E-state index is 0. The molecule has 190 valence electrons. The van der Waals surface area contributed by atoms with Gasteiger partial charge >= 0.3 is 27.2 Å². The Morgan fingerprint density at radius 3 is 2.42 bits per heavy atom. The van der Waals surface area contributed by atoms with E-state index in [4.69, 9.17) is 9.72 Å². The number of alkyl halides is 3. The van der Waals surface area contributed by atoms with Gasteiger partial charge in [-0.05, 0) is 47.3 Å². The zero-order valence-corrected chi connectivity index (χ0v) is 23.0. The van der Waals surface area contributed by atoms with Crippen LogP contribution in [-0.4, -0.2) is 9.97 Å². The molecule has 3 aromatic carbocycles. The number of hydrogen-bond acceptors (Lipinski definition) is 3. The first-order chi connectivity index (χ1) is 17.9. The zero-order valence-electron chi connectivity index (χ0n) is 19.9. The van der Waals surface area contributed by atoms with Crippen LogP contribution < -0.4 is 4.74 Å². The summed E-state index contributed by atoms with van der Waals surface area (Å²) >= 11 is 0. The van der Waals surface area contributed by atoms with E-state index in [1.165, 1.54) is 22.8 Å². The summed E-state index contributed by atoms with van der Waals surface area (Å²) in [5, 5.41) is 4.58. The van der Waals surface area contributed by atoms with Crippen molar-refractivity contribution in [2.24, 2.45) is 0 Å². The van der Waals surface area contributed by atoms with Crippen LogP contribution in [0.2, 0.25) is 0 Å². The Balaban J connectivity index is 0.00000294. The molecule has 8 heteroatoms. The fraction of sp³-hybridized carbons (Fsp3) is 0.0667. The van der Waals surface area contributed by atoms with Gasteiger partial charge in [-0.15, -0.1) is 18.2 Å². The summed E-state index contributed by atoms with van der Waals surface area (Å²) < 4.78 is 45.7. The van der Waals surface area contributed by atoms with Crippen molar-refractivity contribution >= 4 is 28.5 Å². The molecule has 0 bridgehead atoms. The van der Waals surface area contributed by atoms with E-state index in [0.29, 0.717) is 5.56 Å². The average Bonchev–Trinajstić information content (AvgIpc) is 3.22. The summed E-state index contributed by atoms with van der Waals surface area (Å²) in [7, 11) is -0.906. The third-order valence-corrected chi connectivity index (χ3v) is 8.43. The van der Waals surface area contributed by atoms with Crippen LogP contribution >= 0.6 is 7.53 Å². The van der Waals surface area contributed by atoms with E-state index in [0.717, 1.165) is 33.1 Å². The van der Waals surface area contributed by atoms with Crippen molar-refractivity contribution in [1.82, 2.24) is 9.97 Å². The molecule has 1 unspecified atom stereocenters. The Hall–Kier alpha value is -3.46. The van der Waals surface area contributed by atoms with E-state index in [2.05, 4.69) is 48.3 Å². The Bertz CT molecular complexity index is 1780. The normalized spacial score (nSPS) is 11.9. The maximum Gasteiger partial charge on any atom is 2.00 e. The number of pyridine rings is 2. The van der Waals surface area contributed by atoms with Gasteiger partial charge in [-0.25, -0.2) is 16.1 Å². The SMILES string of the molecule is Cc1ccnc(-p2c3[c-]c(-c4[c-]c(Oc5ncccc5C(F)(F)F)ccc4)ccc3c3ccccc32)c1.[Pt+2]. The average molecular weight is 706 g/mol. The van der Waals surface area contributed by atoms with E-state index < -0.39 is 25.2 Å². The van der Waals surface area contributed by atoms with Crippen LogP contribution in [0.3, 0.4) is 0 Å². The molecule has 6 rings (SSSR count). The molecule has 38 heavy (non-hydrogen) atoms. The molecule has 0 radical (unpaired) electrons. The van der Waals surface area contributed by atoms with Crippen LogP contribution in [0.5, 0.6) is 11.6 Å². The molecule has 3 aromatic heterocycles. The maximum absolute atomic E-state index is 13.4. The number of aryl methyl sites for hydroxylation is 1. The van der Waals surface area contributed by atoms with Crippen LogP contribution in [0.4, 0.5) is 13.2 Å². The summed E-state index contributed by atoms with van der Waals surface area (Å²) in [5.74, 6) is -0.368. The molecular weight excluding hydrogens is 687 g/mol. The van der Waals surface area contributed by atoms with Gasteiger partial charge in [0, 0.05) is 18.1 Å². The molecule has 0 spiro atoms. The minimum Gasteiger partial charge on any atom is -0.459 e. The van der Waals surface area contributed by atoms with E-state index in [1.54, 1.807) is 12.1 Å². The van der Waals surface area contributed by atoms with Crippen LogP contribution in [0.1, 0.15) is 11.1 Å². The zero-order chi connectivity index (χ0) is 25.6. The van der Waals surface area contributed by atoms with Gasteiger partial charge < -0.3 is 4.74 Å². The molecule has 3 heterocycles. The Morgan fingerprint density at radius 2 is 1.61 bits per heavy atom. The molecule has 0 saturated carbocycles. The second kappa shape index (κ2) is 10.4. The number of benzene rings is 3. The Kier molecular flexibility index (Phi) is 7.13. The number of nitrogens with zero attached hydrogens (tertiary/aromatic N) is 2. The number of fused-ring (bicyclic) bond motifs is 3. The third-order valence-electron chi connectivity index (χ3n) is 6.06. The second-order valence-corrected chi connectivity index (χ2v) is 10.6. The molecule has 0 amide bonds. The van der Waals surface area contributed by atoms with Crippen molar-refractivity contribution in [2.75, 3.05) is 0 Å². The third kappa shape index (κ3) is 4.87.